The Hall–Kier alpha value is 2.27. The summed E-state index contributed by atoms with van der Waals surface area (Å²) in [5, 5.41) is 0. The fourth-order valence-corrected chi connectivity index (χ4v) is 1.02. The van der Waals surface area contributed by atoms with Crippen molar-refractivity contribution in [3.05, 3.63) is 0 Å². The van der Waals surface area contributed by atoms with Crippen molar-refractivity contribution >= 4 is 0 Å². The first kappa shape index (κ1) is 30.4. The second-order valence-electron chi connectivity index (χ2n) is 2.64. The molecule has 2 fully saturated rings. The predicted octanol–water partition coefficient (Wildman–Crippen LogP) is -10.4. The van der Waals surface area contributed by atoms with E-state index >= 15 is 0 Å². The normalized spacial score (nSPS) is 16.0. The van der Waals surface area contributed by atoms with Crippen LogP contribution in [0.15, 0.2) is 0 Å². The molecule has 0 aromatic rings. The number of halogens is 3. The van der Waals surface area contributed by atoms with Crippen LogP contribution in [0.25, 0.3) is 0 Å². The third-order valence-electron chi connectivity index (χ3n) is 1.65. The van der Waals surface area contributed by atoms with E-state index in [1.807, 2.05) is 0 Å². The molecular formula is C8H16Cl3LiO2Zr. The van der Waals surface area contributed by atoms with Crippen LogP contribution in [-0.2, 0) is 35.7 Å². The van der Waals surface area contributed by atoms with Gasteiger partial charge in [0.2, 0.25) is 0 Å². The van der Waals surface area contributed by atoms with Gasteiger partial charge >= 0.3 is 45.1 Å². The number of hydrogen-bond donors (Lipinski definition) is 0. The van der Waals surface area contributed by atoms with Crippen molar-refractivity contribution in [2.75, 3.05) is 26.4 Å². The van der Waals surface area contributed by atoms with Crippen molar-refractivity contribution in [1.82, 2.24) is 0 Å². The van der Waals surface area contributed by atoms with Crippen LogP contribution in [0.3, 0.4) is 0 Å². The Bertz CT molecular complexity index is 61.1. The summed E-state index contributed by atoms with van der Waals surface area (Å²) < 4.78 is 9.89. The van der Waals surface area contributed by atoms with Crippen molar-refractivity contribution in [2.45, 2.75) is 25.7 Å². The molecule has 0 N–H and O–H groups in total. The van der Waals surface area contributed by atoms with E-state index in [1.165, 1.54) is 25.7 Å². The summed E-state index contributed by atoms with van der Waals surface area (Å²) in [6.07, 6.45) is 5.11. The summed E-state index contributed by atoms with van der Waals surface area (Å²) >= 11 is 0. The van der Waals surface area contributed by atoms with Crippen LogP contribution in [0.2, 0.25) is 0 Å². The fraction of sp³-hybridized carbons (Fsp3) is 1.00. The average Bonchev–Trinajstić information content (AvgIpc) is 2.67. The molecular weight excluding hydrogens is 333 g/mol. The van der Waals surface area contributed by atoms with Crippen molar-refractivity contribution in [1.29, 1.82) is 0 Å². The second-order valence-corrected chi connectivity index (χ2v) is 2.64. The van der Waals surface area contributed by atoms with E-state index in [0.29, 0.717) is 0 Å². The summed E-state index contributed by atoms with van der Waals surface area (Å²) in [6, 6.07) is 0. The molecule has 2 saturated heterocycles. The van der Waals surface area contributed by atoms with Gasteiger partial charge in [-0.2, -0.15) is 0 Å². The van der Waals surface area contributed by atoms with Crippen LogP contribution in [0.5, 0.6) is 0 Å². The maximum Gasteiger partial charge on any atom is 2.00 e. The standard InChI is InChI=1S/2C4H8O.3ClH.Li.Zr/c2*1-2-4-5-3-1;;;;;/h2*1-4H2;3*1H;;/q;;;;;+1;+2/p-3. The molecule has 2 nitrogen and oxygen atoms in total. The van der Waals surface area contributed by atoms with Crippen molar-refractivity contribution in [3.63, 3.8) is 0 Å². The third-order valence-corrected chi connectivity index (χ3v) is 1.65. The molecule has 2 heterocycles. The number of rotatable bonds is 0. The Kier molecular flexibility index (Phi) is 51.0. The monoisotopic (exact) mass is 346 g/mol. The Morgan fingerprint density at radius 3 is 0.800 bits per heavy atom. The van der Waals surface area contributed by atoms with Crippen LogP contribution in [0.4, 0.5) is 0 Å². The Morgan fingerprint density at radius 1 is 0.533 bits per heavy atom. The summed E-state index contributed by atoms with van der Waals surface area (Å²) in [7, 11) is 0. The van der Waals surface area contributed by atoms with Crippen molar-refractivity contribution < 1.29 is 91.8 Å². The van der Waals surface area contributed by atoms with Gasteiger partial charge in [0.1, 0.15) is 0 Å². The molecule has 0 unspecified atom stereocenters. The van der Waals surface area contributed by atoms with E-state index in [0.717, 1.165) is 26.4 Å². The maximum atomic E-state index is 4.94. The summed E-state index contributed by atoms with van der Waals surface area (Å²) in [6.45, 7) is 4.00. The van der Waals surface area contributed by atoms with Crippen LogP contribution < -0.4 is 56.1 Å². The second kappa shape index (κ2) is 25.2. The van der Waals surface area contributed by atoms with Gasteiger partial charge in [0.15, 0.2) is 0 Å². The minimum atomic E-state index is 0. The Balaban J connectivity index is -0.0000000333. The first-order valence-electron chi connectivity index (χ1n) is 4.15. The molecule has 0 aliphatic carbocycles. The van der Waals surface area contributed by atoms with Gasteiger partial charge in [-0.1, -0.05) is 0 Å². The van der Waals surface area contributed by atoms with E-state index < -0.39 is 0 Å². The molecule has 0 amide bonds. The molecule has 2 rings (SSSR count). The molecule has 0 bridgehead atoms. The van der Waals surface area contributed by atoms with Gasteiger partial charge in [-0.25, -0.2) is 0 Å². The largest absolute Gasteiger partial charge is 2.00 e. The van der Waals surface area contributed by atoms with Gasteiger partial charge < -0.3 is 46.7 Å². The summed E-state index contributed by atoms with van der Waals surface area (Å²) in [4.78, 5) is 0. The topological polar surface area (TPSA) is 18.5 Å². The molecule has 86 valence electrons. The van der Waals surface area contributed by atoms with Gasteiger partial charge in [-0.3, -0.25) is 0 Å². The fourth-order valence-electron chi connectivity index (χ4n) is 1.02. The van der Waals surface area contributed by atoms with Gasteiger partial charge in [-0.15, -0.1) is 0 Å². The van der Waals surface area contributed by atoms with Crippen LogP contribution in [0, 0.1) is 0 Å². The maximum absolute atomic E-state index is 4.94. The quantitative estimate of drug-likeness (QED) is 0.405. The number of ether oxygens (including phenoxy) is 2. The van der Waals surface area contributed by atoms with Gasteiger partial charge in [0.25, 0.3) is 0 Å². The van der Waals surface area contributed by atoms with E-state index in [1.54, 1.807) is 0 Å². The molecule has 0 aromatic carbocycles. The average molecular weight is 349 g/mol. The first-order valence-corrected chi connectivity index (χ1v) is 4.15. The first-order chi connectivity index (χ1) is 5.00. The van der Waals surface area contributed by atoms with Gasteiger partial charge in [0.05, 0.1) is 0 Å². The van der Waals surface area contributed by atoms with Gasteiger partial charge in [0, 0.05) is 26.4 Å². The SMILES string of the molecule is C1CCOC1.C1CCOC1.[Cl-].[Cl-].[Cl-].[Li+].[Zr+2]. The van der Waals surface area contributed by atoms with E-state index in [-0.39, 0.29) is 82.3 Å². The predicted molar refractivity (Wildman–Crippen MR) is 40.1 cm³/mol. The molecule has 0 radical (unpaired) electrons. The van der Waals surface area contributed by atoms with E-state index in [4.69, 9.17) is 9.47 Å². The Morgan fingerprint density at radius 2 is 0.733 bits per heavy atom. The minimum absolute atomic E-state index is 0. The summed E-state index contributed by atoms with van der Waals surface area (Å²) in [5.41, 5.74) is 0. The zero-order chi connectivity index (χ0) is 7.07. The molecule has 2 aliphatic heterocycles. The molecule has 0 spiro atoms. The molecule has 0 saturated carbocycles. The zero-order valence-corrected chi connectivity index (χ0v) is 13.8. The Labute approximate surface area is 143 Å². The van der Waals surface area contributed by atoms with Crippen molar-refractivity contribution in [3.8, 4) is 0 Å². The van der Waals surface area contributed by atoms with Gasteiger partial charge in [-0.05, 0) is 25.7 Å². The van der Waals surface area contributed by atoms with Crippen LogP contribution in [0.1, 0.15) is 25.7 Å². The van der Waals surface area contributed by atoms with Crippen molar-refractivity contribution in [2.24, 2.45) is 0 Å². The molecule has 0 aromatic heterocycles. The minimum Gasteiger partial charge on any atom is -1.00 e. The molecule has 7 heteroatoms. The van der Waals surface area contributed by atoms with E-state index in [2.05, 4.69) is 0 Å². The zero-order valence-electron chi connectivity index (χ0n) is 9.11. The molecule has 2 aliphatic rings. The number of hydrogen-bond acceptors (Lipinski definition) is 2. The van der Waals surface area contributed by atoms with Crippen LogP contribution in [-0.4, -0.2) is 26.4 Å². The van der Waals surface area contributed by atoms with Crippen LogP contribution >= 0.6 is 0 Å². The molecule has 0 atom stereocenters. The molecule has 15 heavy (non-hydrogen) atoms. The van der Waals surface area contributed by atoms with E-state index in [9.17, 15) is 0 Å². The smallest absolute Gasteiger partial charge is 1.00 e. The third kappa shape index (κ3) is 22.0. The summed E-state index contributed by atoms with van der Waals surface area (Å²) in [5.74, 6) is 0.